The number of hydrogen-bond donors (Lipinski definition) is 3. The molecule has 7 nitrogen and oxygen atoms in total. The highest BCUT2D eigenvalue weighted by Crippen LogP contribution is 2.19. The Bertz CT molecular complexity index is 712. The van der Waals surface area contributed by atoms with Gasteiger partial charge in [-0.05, 0) is 24.4 Å². The number of benzene rings is 1. The van der Waals surface area contributed by atoms with Crippen molar-refractivity contribution < 1.29 is 14.7 Å². The van der Waals surface area contributed by atoms with E-state index in [2.05, 4.69) is 10.4 Å². The molecule has 0 saturated carbocycles. The van der Waals surface area contributed by atoms with Crippen molar-refractivity contribution in [1.82, 2.24) is 9.78 Å². The molecule has 0 spiro atoms. The van der Waals surface area contributed by atoms with Gasteiger partial charge in [-0.2, -0.15) is 9.78 Å². The van der Waals surface area contributed by atoms with Gasteiger partial charge in [0, 0.05) is 0 Å². The summed E-state index contributed by atoms with van der Waals surface area (Å²) < 4.78 is 0.952. The first-order chi connectivity index (χ1) is 9.91. The van der Waals surface area contributed by atoms with Gasteiger partial charge in [0.05, 0.1) is 16.8 Å². The van der Waals surface area contributed by atoms with Crippen LogP contribution < -0.4 is 11.1 Å². The van der Waals surface area contributed by atoms with Crippen LogP contribution in [-0.2, 0) is 0 Å². The molecule has 0 radical (unpaired) electrons. The number of nitrogens with one attached hydrogen (secondary N) is 1. The van der Waals surface area contributed by atoms with Crippen LogP contribution in [0.25, 0.3) is 0 Å². The quantitative estimate of drug-likeness (QED) is 0.739. The van der Waals surface area contributed by atoms with Crippen molar-refractivity contribution in [1.29, 1.82) is 0 Å². The number of rotatable bonds is 3. The molecule has 0 atom stereocenters. The Balaban J connectivity index is 2.41. The van der Waals surface area contributed by atoms with Gasteiger partial charge in [0.1, 0.15) is 5.56 Å². The van der Waals surface area contributed by atoms with Gasteiger partial charge in [0.25, 0.3) is 5.91 Å². The van der Waals surface area contributed by atoms with E-state index in [-0.39, 0.29) is 27.1 Å². The number of aromatic nitrogens is 2. The van der Waals surface area contributed by atoms with Crippen molar-refractivity contribution in [3.8, 4) is 0 Å². The fourth-order valence-corrected chi connectivity index (χ4v) is 1.97. The zero-order valence-electron chi connectivity index (χ0n) is 10.4. The van der Waals surface area contributed by atoms with Crippen molar-refractivity contribution >= 4 is 46.6 Å². The van der Waals surface area contributed by atoms with Crippen molar-refractivity contribution in [3.05, 3.63) is 46.6 Å². The van der Waals surface area contributed by atoms with Crippen molar-refractivity contribution in [2.75, 3.05) is 5.32 Å². The van der Waals surface area contributed by atoms with Gasteiger partial charge in [0.15, 0.2) is 10.9 Å². The SMILES string of the molecule is NC(=S)n1ncc(C(=O)O)c1NC(=O)c1ccccc1Cl. The molecule has 2 aromatic rings. The highest BCUT2D eigenvalue weighted by atomic mass is 35.5. The van der Waals surface area contributed by atoms with Crippen LogP contribution in [0.15, 0.2) is 30.5 Å². The summed E-state index contributed by atoms with van der Waals surface area (Å²) in [6, 6.07) is 6.34. The van der Waals surface area contributed by atoms with Gasteiger partial charge in [-0.25, -0.2) is 4.79 Å². The maximum Gasteiger partial charge on any atom is 0.341 e. The number of halogens is 1. The van der Waals surface area contributed by atoms with Crippen LogP contribution in [0, 0.1) is 0 Å². The Hall–Kier alpha value is -2.45. The Labute approximate surface area is 129 Å². The number of nitrogens with two attached hydrogens (primary N) is 1. The minimum absolute atomic E-state index is 0.125. The number of amides is 1. The number of carboxylic acid groups (broad SMARTS) is 1. The smallest absolute Gasteiger partial charge is 0.341 e. The summed E-state index contributed by atoms with van der Waals surface area (Å²) >= 11 is 10.7. The zero-order valence-corrected chi connectivity index (χ0v) is 12.0. The van der Waals surface area contributed by atoms with E-state index in [1.54, 1.807) is 18.2 Å². The summed E-state index contributed by atoms with van der Waals surface area (Å²) in [6.45, 7) is 0. The average molecular weight is 325 g/mol. The molecule has 1 aromatic heterocycles. The van der Waals surface area contributed by atoms with Crippen LogP contribution in [0.3, 0.4) is 0 Å². The van der Waals surface area contributed by atoms with Gasteiger partial charge in [0.2, 0.25) is 0 Å². The van der Waals surface area contributed by atoms with Crippen LogP contribution in [0.4, 0.5) is 5.82 Å². The average Bonchev–Trinajstić information content (AvgIpc) is 2.83. The number of aromatic carboxylic acids is 1. The van der Waals surface area contributed by atoms with E-state index >= 15 is 0 Å². The van der Waals surface area contributed by atoms with E-state index in [4.69, 9.17) is 34.7 Å². The van der Waals surface area contributed by atoms with Gasteiger partial charge in [-0.1, -0.05) is 23.7 Å². The standard InChI is InChI=1S/C12H9ClN4O3S/c13-8-4-2-1-3-6(8)10(18)16-9-7(11(19)20)5-15-17(9)12(14)21/h1-5H,(H2,14,21)(H,16,18)(H,19,20). The molecule has 0 unspecified atom stereocenters. The maximum atomic E-state index is 12.2. The molecule has 108 valence electrons. The minimum atomic E-state index is -1.27. The predicted molar refractivity (Wildman–Crippen MR) is 80.8 cm³/mol. The van der Waals surface area contributed by atoms with Crippen LogP contribution in [0.1, 0.15) is 20.7 Å². The first-order valence-electron chi connectivity index (χ1n) is 5.59. The number of thiocarbonyl (C=S) groups is 1. The number of carbonyl (C=O) groups is 2. The molecule has 0 aliphatic heterocycles. The summed E-state index contributed by atoms with van der Waals surface area (Å²) in [5.74, 6) is -1.99. The normalized spacial score (nSPS) is 10.1. The molecule has 1 heterocycles. The minimum Gasteiger partial charge on any atom is -0.477 e. The Morgan fingerprint density at radius 2 is 2.00 bits per heavy atom. The zero-order chi connectivity index (χ0) is 15.6. The maximum absolute atomic E-state index is 12.2. The first-order valence-corrected chi connectivity index (χ1v) is 6.37. The third-order valence-electron chi connectivity index (χ3n) is 2.56. The van der Waals surface area contributed by atoms with E-state index in [1.807, 2.05) is 0 Å². The summed E-state index contributed by atoms with van der Waals surface area (Å²) in [7, 11) is 0. The lowest BCUT2D eigenvalue weighted by Crippen LogP contribution is -2.25. The summed E-state index contributed by atoms with van der Waals surface area (Å²) in [5.41, 5.74) is 5.39. The van der Waals surface area contributed by atoms with E-state index in [0.29, 0.717) is 0 Å². The molecule has 1 amide bonds. The number of hydrogen-bond acceptors (Lipinski definition) is 4. The Kier molecular flexibility index (Phi) is 4.20. The number of carboxylic acids is 1. The highest BCUT2D eigenvalue weighted by molar-refractivity contribution is 7.80. The van der Waals surface area contributed by atoms with E-state index < -0.39 is 11.9 Å². The van der Waals surface area contributed by atoms with E-state index in [0.717, 1.165) is 10.9 Å². The molecular formula is C12H9ClN4O3S. The first kappa shape index (κ1) is 14.9. The molecular weight excluding hydrogens is 316 g/mol. The predicted octanol–water partition coefficient (Wildman–Crippen LogP) is 1.58. The fourth-order valence-electron chi connectivity index (χ4n) is 1.61. The van der Waals surface area contributed by atoms with Crippen LogP contribution in [-0.4, -0.2) is 31.9 Å². The molecule has 0 fully saturated rings. The lowest BCUT2D eigenvalue weighted by molar-refractivity contribution is 0.0698. The Morgan fingerprint density at radius 3 is 2.57 bits per heavy atom. The van der Waals surface area contributed by atoms with Crippen molar-refractivity contribution in [2.45, 2.75) is 0 Å². The van der Waals surface area contributed by atoms with Gasteiger partial charge >= 0.3 is 5.97 Å². The summed E-state index contributed by atoms with van der Waals surface area (Å²) in [6.07, 6.45) is 1.05. The summed E-state index contributed by atoms with van der Waals surface area (Å²) in [4.78, 5) is 23.3. The molecule has 0 aliphatic rings. The topological polar surface area (TPSA) is 110 Å². The van der Waals surface area contributed by atoms with Gasteiger partial charge < -0.3 is 16.2 Å². The van der Waals surface area contributed by atoms with Gasteiger partial charge in [-0.3, -0.25) is 4.79 Å². The van der Waals surface area contributed by atoms with Crippen molar-refractivity contribution in [2.24, 2.45) is 5.73 Å². The third-order valence-corrected chi connectivity index (χ3v) is 3.06. The number of nitrogens with zero attached hydrogens (tertiary/aromatic N) is 2. The monoisotopic (exact) mass is 324 g/mol. The number of carbonyl (C=O) groups excluding carboxylic acids is 1. The second-order valence-corrected chi connectivity index (χ2v) is 4.72. The molecule has 0 aliphatic carbocycles. The van der Waals surface area contributed by atoms with E-state index in [1.165, 1.54) is 6.07 Å². The molecule has 0 bridgehead atoms. The van der Waals surface area contributed by atoms with Crippen LogP contribution in [0.2, 0.25) is 5.02 Å². The van der Waals surface area contributed by atoms with E-state index in [9.17, 15) is 9.59 Å². The molecule has 4 N–H and O–H groups in total. The summed E-state index contributed by atoms with van der Waals surface area (Å²) in [5, 5.41) is 15.3. The molecule has 21 heavy (non-hydrogen) atoms. The second-order valence-electron chi connectivity index (χ2n) is 3.90. The lowest BCUT2D eigenvalue weighted by atomic mass is 10.2. The van der Waals surface area contributed by atoms with Gasteiger partial charge in [-0.15, -0.1) is 0 Å². The number of anilines is 1. The van der Waals surface area contributed by atoms with Crippen molar-refractivity contribution in [3.63, 3.8) is 0 Å². The molecule has 9 heteroatoms. The fraction of sp³-hybridized carbons (Fsp3) is 0. The van der Waals surface area contributed by atoms with Crippen LogP contribution in [0.5, 0.6) is 0 Å². The second kappa shape index (κ2) is 5.90. The third kappa shape index (κ3) is 3.01. The highest BCUT2D eigenvalue weighted by Gasteiger charge is 2.21. The lowest BCUT2D eigenvalue weighted by Gasteiger charge is -2.09. The molecule has 0 saturated heterocycles. The van der Waals surface area contributed by atoms with Crippen LogP contribution >= 0.6 is 23.8 Å². The largest absolute Gasteiger partial charge is 0.477 e. The Morgan fingerprint density at radius 1 is 1.33 bits per heavy atom. The molecule has 1 aromatic carbocycles. The molecule has 2 rings (SSSR count).